The number of nitrogens with zero attached hydrogens (tertiary/aromatic N) is 4. The Bertz CT molecular complexity index is 3950. The molecule has 0 spiro atoms. The van der Waals surface area contributed by atoms with E-state index in [9.17, 15) is 38.4 Å². The molecule has 8 heterocycles. The van der Waals surface area contributed by atoms with Gasteiger partial charge in [-0.3, -0.25) is 33.7 Å². The summed E-state index contributed by atoms with van der Waals surface area (Å²) < 4.78 is 22.3. The van der Waals surface area contributed by atoms with Gasteiger partial charge in [0.15, 0.2) is 6.04 Å². The molecule has 20 nitrogen and oxygen atoms in total. The molecule has 8 aromatic rings. The van der Waals surface area contributed by atoms with Gasteiger partial charge in [-0.1, -0.05) is 60.7 Å². The van der Waals surface area contributed by atoms with Crippen molar-refractivity contribution in [1.82, 2.24) is 40.4 Å². The van der Waals surface area contributed by atoms with Gasteiger partial charge in [0, 0.05) is 26.7 Å². The molecule has 0 radical (unpaired) electrons. The first-order valence-corrected chi connectivity index (χ1v) is 29.2. The first kappa shape index (κ1) is 55.1. The monoisotopic (exact) mass is 1180 g/mol. The van der Waals surface area contributed by atoms with Crippen molar-refractivity contribution in [2.75, 3.05) is 33.2 Å². The number of esters is 2. The van der Waals surface area contributed by atoms with E-state index in [-0.39, 0.29) is 66.5 Å². The van der Waals surface area contributed by atoms with Crippen LogP contribution in [-0.4, -0.2) is 127 Å². The van der Waals surface area contributed by atoms with Crippen molar-refractivity contribution >= 4 is 104 Å². The summed E-state index contributed by atoms with van der Waals surface area (Å²) in [5.41, 5.74) is 2.95. The Labute approximate surface area is 482 Å². The number of benzene rings is 4. The molecule has 24 heteroatoms. The lowest BCUT2D eigenvalue weighted by Gasteiger charge is -2.51. The lowest BCUT2D eigenvalue weighted by Crippen LogP contribution is -2.74. The first-order valence-electron chi connectivity index (χ1n) is 25.4. The van der Waals surface area contributed by atoms with E-state index in [0.717, 1.165) is 9.75 Å². The first-order chi connectivity index (χ1) is 39.9. The molecule has 2 fully saturated rings. The summed E-state index contributed by atoms with van der Waals surface area (Å²) in [6.07, 6.45) is 0.374. The van der Waals surface area contributed by atoms with Gasteiger partial charge in [-0.05, 0) is 76.8 Å². The van der Waals surface area contributed by atoms with Crippen LogP contribution in [0.2, 0.25) is 0 Å². The number of hydrogen-bond acceptors (Lipinski definition) is 18. The largest absolute Gasteiger partial charge is 0.488 e. The zero-order valence-corrected chi connectivity index (χ0v) is 46.8. The number of rotatable bonds is 16. The second-order valence-electron chi connectivity index (χ2n) is 18.8. The highest BCUT2D eigenvalue weighted by Crippen LogP contribution is 2.43. The van der Waals surface area contributed by atoms with Crippen LogP contribution in [0, 0.1) is 0 Å². The Morgan fingerprint density at radius 2 is 1.15 bits per heavy atom. The minimum absolute atomic E-state index is 0.00182. The molecule has 0 saturated carbocycles. The third kappa shape index (κ3) is 11.2. The van der Waals surface area contributed by atoms with Crippen LogP contribution in [0.15, 0.2) is 164 Å². The van der Waals surface area contributed by atoms with Gasteiger partial charge in [-0.25, -0.2) is 19.6 Å². The van der Waals surface area contributed by atoms with Gasteiger partial charge >= 0.3 is 11.9 Å². The van der Waals surface area contributed by atoms with Crippen molar-refractivity contribution in [2.45, 2.75) is 41.7 Å². The molecule has 4 aromatic heterocycles. The topological polar surface area (TPSA) is 261 Å². The number of carbonyl (C=O) groups is 6. The molecular formula is C58H48N8O12S4. The Morgan fingerprint density at radius 1 is 0.622 bits per heavy atom. The Balaban J connectivity index is 0.000000172. The fourth-order valence-electron chi connectivity index (χ4n) is 9.73. The molecule has 5 atom stereocenters. The number of thiophene rings is 2. The molecule has 4 aliphatic heterocycles. The Kier molecular flexibility index (Phi) is 16.2. The fraction of sp³-hybridized carbons (Fsp3) is 0.207. The Morgan fingerprint density at radius 3 is 1.68 bits per heavy atom. The zero-order valence-electron chi connectivity index (χ0n) is 43.5. The van der Waals surface area contributed by atoms with Crippen LogP contribution < -0.4 is 31.2 Å². The van der Waals surface area contributed by atoms with Gasteiger partial charge in [0.1, 0.15) is 64.9 Å². The van der Waals surface area contributed by atoms with Crippen LogP contribution in [0.4, 0.5) is 0 Å². The summed E-state index contributed by atoms with van der Waals surface area (Å²) >= 11 is 5.72. The minimum atomic E-state index is -0.991. The van der Waals surface area contributed by atoms with Crippen LogP contribution in [0.3, 0.4) is 0 Å². The highest BCUT2D eigenvalue weighted by Gasteiger charge is 2.57. The van der Waals surface area contributed by atoms with Crippen LogP contribution >= 0.6 is 46.2 Å². The summed E-state index contributed by atoms with van der Waals surface area (Å²) in [4.78, 5) is 122. The number of H-pyrrole nitrogens is 2. The van der Waals surface area contributed by atoms with Crippen molar-refractivity contribution in [1.29, 1.82) is 0 Å². The quantitative estimate of drug-likeness (QED) is 0.0620. The zero-order chi connectivity index (χ0) is 57.0. The highest BCUT2D eigenvalue weighted by molar-refractivity contribution is 8.03. The standard InChI is InChI=1S/2C29H24N4O6S2/c2*1-38-29(37)24-16(15-41-28-23(27(36)33(24)28)31-22(34)13-17-7-6-12-40-17)14-39-21-11-5-3-9-19(21)25-30-20-10-4-2-8-18(20)26(35)32-25/h2-12,23,28H,13-15H2,1H3,(H,31,34)(H,30,32,35);2-12,15,23-24,28H,13-14H2,1H3,(H,31,34)(H,30,32,35). The minimum Gasteiger partial charge on any atom is -0.488 e. The molecule has 0 bridgehead atoms. The molecule has 4 aliphatic rings. The molecule has 82 heavy (non-hydrogen) atoms. The van der Waals surface area contributed by atoms with Crippen LogP contribution in [0.1, 0.15) is 9.75 Å². The Hall–Kier alpha value is -8.84. The summed E-state index contributed by atoms with van der Waals surface area (Å²) in [6, 6.07) is 33.4. The number of β-lactam (4-membered cyclic amide) rings is 2. The van der Waals surface area contributed by atoms with E-state index in [4.69, 9.17) is 18.9 Å². The van der Waals surface area contributed by atoms with Gasteiger partial charge < -0.3 is 44.4 Å². The maximum atomic E-state index is 13.1. The average molecular weight is 1180 g/mol. The molecule has 4 N–H and O–H groups in total. The van der Waals surface area contributed by atoms with Crippen LogP contribution in [0.25, 0.3) is 44.6 Å². The van der Waals surface area contributed by atoms with Crippen molar-refractivity contribution in [3.63, 3.8) is 0 Å². The van der Waals surface area contributed by atoms with Crippen molar-refractivity contribution in [3.05, 3.63) is 185 Å². The number of amides is 4. The summed E-state index contributed by atoms with van der Waals surface area (Å²) in [5, 5.41) is 11.3. The molecular weight excluding hydrogens is 1130 g/mol. The van der Waals surface area contributed by atoms with Crippen molar-refractivity contribution < 1.29 is 47.7 Å². The number of ether oxygens (including phenoxy) is 4. The van der Waals surface area contributed by atoms with Gasteiger partial charge in [0.2, 0.25) is 17.7 Å². The summed E-state index contributed by atoms with van der Waals surface area (Å²) in [7, 11) is 2.52. The molecule has 2 saturated heterocycles. The van der Waals surface area contributed by atoms with Gasteiger partial charge in [-0.2, -0.15) is 0 Å². The van der Waals surface area contributed by atoms with Gasteiger partial charge in [0.25, 0.3) is 17.0 Å². The molecule has 416 valence electrons. The van der Waals surface area contributed by atoms with Gasteiger partial charge in [0.05, 0.1) is 60.0 Å². The highest BCUT2D eigenvalue weighted by atomic mass is 32.2. The number of para-hydroxylation sites is 4. The molecule has 12 rings (SSSR count). The second-order valence-corrected chi connectivity index (χ2v) is 22.9. The number of hydrogen-bond donors (Lipinski definition) is 4. The van der Waals surface area contributed by atoms with E-state index in [1.807, 2.05) is 53.2 Å². The SMILES string of the molecule is COC(=O)C1=C(COc2ccccc2-c2nc3ccccc3c(=O)[nH]2)CSC2C(NC(=O)Cc3cccs3)C(=O)N12.COC(=O)C1C(COc2ccccc2-c2nc3ccccc3c(=O)[nH]2)=CSC2C(NC(=O)Cc3cccs3)C(=O)N12. The number of methoxy groups -OCH3 is 2. The summed E-state index contributed by atoms with van der Waals surface area (Å²) in [5.74, 6) is -0.516. The predicted molar refractivity (Wildman–Crippen MR) is 311 cm³/mol. The summed E-state index contributed by atoms with van der Waals surface area (Å²) in [6.45, 7) is -0.0222. The third-order valence-corrected chi connectivity index (χ3v) is 18.0. The second kappa shape index (κ2) is 24.1. The molecule has 4 aromatic carbocycles. The lowest BCUT2D eigenvalue weighted by atomic mass is 9.98. The third-order valence-electron chi connectivity index (χ3n) is 13.7. The number of nitrogens with one attached hydrogen (secondary N) is 4. The number of fused-ring (bicyclic) bond motifs is 4. The predicted octanol–water partition coefficient (Wildman–Crippen LogP) is 6.20. The molecule has 5 unspecified atom stereocenters. The fourth-order valence-corrected chi connectivity index (χ4v) is 13.7. The van der Waals surface area contributed by atoms with E-state index < -0.39 is 40.8 Å². The number of thioether (sulfide) groups is 2. The van der Waals surface area contributed by atoms with Gasteiger partial charge in [-0.15, -0.1) is 46.2 Å². The average Bonchev–Trinajstić information content (AvgIpc) is 2.54. The number of aromatic amines is 2. The molecule has 4 amide bonds. The normalized spacial score (nSPS) is 18.9. The maximum absolute atomic E-state index is 13.1. The lowest BCUT2D eigenvalue weighted by molar-refractivity contribution is -0.161. The molecule has 0 aliphatic carbocycles. The van der Waals surface area contributed by atoms with Crippen molar-refractivity contribution in [2.24, 2.45) is 0 Å². The van der Waals surface area contributed by atoms with E-state index in [0.29, 0.717) is 73.0 Å². The maximum Gasteiger partial charge on any atom is 0.354 e. The van der Waals surface area contributed by atoms with E-state index in [1.54, 1.807) is 84.3 Å². The van der Waals surface area contributed by atoms with E-state index in [1.165, 1.54) is 70.2 Å². The van der Waals surface area contributed by atoms with E-state index in [2.05, 4.69) is 30.6 Å². The number of carbonyl (C=O) groups excluding carboxylic acids is 6. The number of aromatic nitrogens is 4. The van der Waals surface area contributed by atoms with Crippen LogP contribution in [0.5, 0.6) is 11.5 Å². The van der Waals surface area contributed by atoms with Crippen molar-refractivity contribution in [3.8, 4) is 34.3 Å². The smallest absolute Gasteiger partial charge is 0.354 e. The van der Waals surface area contributed by atoms with Crippen LogP contribution in [-0.2, 0) is 51.1 Å². The van der Waals surface area contributed by atoms with E-state index >= 15 is 0 Å².